The molecule has 0 spiro atoms. The minimum atomic E-state index is -0.0160. The van der Waals surface area contributed by atoms with E-state index in [0.29, 0.717) is 22.7 Å². The summed E-state index contributed by atoms with van der Waals surface area (Å²) >= 11 is 0. The van der Waals surface area contributed by atoms with Gasteiger partial charge in [0, 0.05) is 22.0 Å². The highest BCUT2D eigenvalue weighted by Gasteiger charge is 2.12. The maximum absolute atomic E-state index is 10.3. The molecule has 4 heteroatoms. The monoisotopic (exact) mass is 229 g/mol. The zero-order valence-corrected chi connectivity index (χ0v) is 8.97. The third kappa shape index (κ3) is 1.80. The zero-order chi connectivity index (χ0) is 12.4. The van der Waals surface area contributed by atoms with E-state index in [2.05, 4.69) is 11.9 Å². The molecule has 0 aliphatic heterocycles. The van der Waals surface area contributed by atoms with Crippen molar-refractivity contribution in [1.82, 2.24) is 5.32 Å². The summed E-state index contributed by atoms with van der Waals surface area (Å²) in [6, 6.07) is 8.27. The van der Waals surface area contributed by atoms with Crippen molar-refractivity contribution >= 4 is 22.9 Å². The molecule has 4 nitrogen and oxygen atoms in total. The summed E-state index contributed by atoms with van der Waals surface area (Å²) in [7, 11) is 0. The molecular formula is C13H11NO3. The summed E-state index contributed by atoms with van der Waals surface area (Å²) < 4.78 is 0. The number of amides is 1. The molecule has 0 radical (unpaired) electrons. The topological polar surface area (TPSA) is 69.6 Å². The van der Waals surface area contributed by atoms with Crippen LogP contribution in [0.5, 0.6) is 11.5 Å². The van der Waals surface area contributed by atoms with Gasteiger partial charge in [-0.2, -0.15) is 0 Å². The summed E-state index contributed by atoms with van der Waals surface area (Å²) in [4.78, 5) is 10.3. The van der Waals surface area contributed by atoms with Crippen LogP contribution in [0, 0.1) is 0 Å². The van der Waals surface area contributed by atoms with Gasteiger partial charge >= 0.3 is 0 Å². The van der Waals surface area contributed by atoms with E-state index < -0.39 is 0 Å². The first-order valence-electron chi connectivity index (χ1n) is 4.98. The maximum atomic E-state index is 10.3. The van der Waals surface area contributed by atoms with E-state index >= 15 is 0 Å². The molecule has 0 atom stereocenters. The number of carbonyl (C=O) groups excluding carboxylic acids is 1. The SMILES string of the molecule is C=C(NC=O)c1cc(O)c2ccccc2c1O. The minimum absolute atomic E-state index is 0.0160. The molecule has 2 aromatic rings. The molecule has 1 amide bonds. The van der Waals surface area contributed by atoms with Crippen LogP contribution in [0.4, 0.5) is 0 Å². The molecule has 0 aliphatic carbocycles. The minimum Gasteiger partial charge on any atom is -0.507 e. The van der Waals surface area contributed by atoms with Crippen molar-refractivity contribution in [2.45, 2.75) is 0 Å². The molecule has 86 valence electrons. The molecule has 3 N–H and O–H groups in total. The van der Waals surface area contributed by atoms with Gasteiger partial charge in [-0.25, -0.2) is 0 Å². The Morgan fingerprint density at radius 2 is 1.88 bits per heavy atom. The summed E-state index contributed by atoms with van der Waals surface area (Å²) in [5.74, 6) is 0.0139. The van der Waals surface area contributed by atoms with Crippen LogP contribution in [-0.2, 0) is 4.79 Å². The lowest BCUT2D eigenvalue weighted by Crippen LogP contribution is -2.07. The summed E-state index contributed by atoms with van der Waals surface area (Å²) in [6.07, 6.45) is 0.466. The van der Waals surface area contributed by atoms with Gasteiger partial charge < -0.3 is 15.5 Å². The fraction of sp³-hybridized carbons (Fsp3) is 0. The zero-order valence-electron chi connectivity index (χ0n) is 8.97. The van der Waals surface area contributed by atoms with E-state index in [1.165, 1.54) is 6.07 Å². The summed E-state index contributed by atoms with van der Waals surface area (Å²) in [5.41, 5.74) is 0.534. The predicted molar refractivity (Wildman–Crippen MR) is 65.5 cm³/mol. The Morgan fingerprint density at radius 1 is 1.24 bits per heavy atom. The van der Waals surface area contributed by atoms with Gasteiger partial charge in [0.15, 0.2) is 0 Å². The lowest BCUT2D eigenvalue weighted by atomic mass is 10.0. The number of rotatable bonds is 3. The number of phenols is 2. The van der Waals surface area contributed by atoms with Crippen LogP contribution in [0.1, 0.15) is 5.56 Å². The number of nitrogens with one attached hydrogen (secondary N) is 1. The van der Waals surface area contributed by atoms with E-state index in [9.17, 15) is 15.0 Å². The van der Waals surface area contributed by atoms with Gasteiger partial charge in [-0.15, -0.1) is 0 Å². The van der Waals surface area contributed by atoms with E-state index in [1.54, 1.807) is 24.3 Å². The fourth-order valence-corrected chi connectivity index (χ4v) is 1.72. The predicted octanol–water partition coefficient (Wildman–Crippen LogP) is 1.97. The Kier molecular flexibility index (Phi) is 2.70. The molecule has 0 saturated carbocycles. The number of benzene rings is 2. The van der Waals surface area contributed by atoms with Crippen LogP contribution >= 0.6 is 0 Å². The second-order valence-electron chi connectivity index (χ2n) is 3.58. The first-order valence-corrected chi connectivity index (χ1v) is 4.98. The number of aromatic hydroxyl groups is 2. The number of phenolic OH excluding ortho intramolecular Hbond substituents is 2. The smallest absolute Gasteiger partial charge is 0.211 e. The Bertz CT molecular complexity index is 605. The number of fused-ring (bicyclic) bond motifs is 1. The normalized spacial score (nSPS) is 10.1. The third-order valence-corrected chi connectivity index (χ3v) is 2.55. The second-order valence-corrected chi connectivity index (χ2v) is 3.58. The van der Waals surface area contributed by atoms with Gasteiger partial charge in [0.25, 0.3) is 0 Å². The lowest BCUT2D eigenvalue weighted by molar-refractivity contribution is -0.108. The van der Waals surface area contributed by atoms with Gasteiger partial charge in [0.05, 0.1) is 0 Å². The molecule has 0 aliphatic rings. The summed E-state index contributed by atoms with van der Waals surface area (Å²) in [5, 5.41) is 23.3. The Hall–Kier alpha value is -2.49. The first-order chi connectivity index (χ1) is 8.15. The van der Waals surface area contributed by atoms with Gasteiger partial charge in [0.1, 0.15) is 11.5 Å². The van der Waals surface area contributed by atoms with E-state index in [0.717, 1.165) is 0 Å². The molecule has 2 rings (SSSR count). The molecule has 0 fully saturated rings. The highest BCUT2D eigenvalue weighted by atomic mass is 16.3. The van der Waals surface area contributed by atoms with Crippen molar-refractivity contribution < 1.29 is 15.0 Å². The van der Waals surface area contributed by atoms with E-state index in [-0.39, 0.29) is 17.2 Å². The van der Waals surface area contributed by atoms with Crippen LogP contribution < -0.4 is 5.32 Å². The molecule has 0 unspecified atom stereocenters. The largest absolute Gasteiger partial charge is 0.507 e. The van der Waals surface area contributed by atoms with Gasteiger partial charge in [-0.3, -0.25) is 4.79 Å². The Morgan fingerprint density at radius 3 is 2.53 bits per heavy atom. The first kappa shape index (κ1) is 11.0. The van der Waals surface area contributed by atoms with Crippen molar-refractivity contribution in [3.8, 4) is 11.5 Å². The van der Waals surface area contributed by atoms with Gasteiger partial charge in [0.2, 0.25) is 6.41 Å². The molecule has 17 heavy (non-hydrogen) atoms. The highest BCUT2D eigenvalue weighted by molar-refractivity contribution is 5.97. The molecule has 2 aromatic carbocycles. The van der Waals surface area contributed by atoms with Crippen LogP contribution in [0.2, 0.25) is 0 Å². The average Bonchev–Trinajstić information content (AvgIpc) is 2.34. The van der Waals surface area contributed by atoms with Gasteiger partial charge in [-0.1, -0.05) is 30.8 Å². The van der Waals surface area contributed by atoms with Crippen LogP contribution in [0.25, 0.3) is 16.5 Å². The standard InChI is InChI=1S/C13H11NO3/c1-8(14-7-15)11-6-12(16)9-4-2-3-5-10(9)13(11)17/h2-7,16-17H,1H2,(H,14,15). The van der Waals surface area contributed by atoms with Gasteiger partial charge in [-0.05, 0) is 6.07 Å². The molecule has 0 aromatic heterocycles. The van der Waals surface area contributed by atoms with Crippen molar-refractivity contribution in [3.63, 3.8) is 0 Å². The lowest BCUT2D eigenvalue weighted by Gasteiger charge is -2.11. The number of hydrogen-bond acceptors (Lipinski definition) is 3. The molecule has 0 saturated heterocycles. The van der Waals surface area contributed by atoms with Crippen LogP contribution in [-0.4, -0.2) is 16.6 Å². The average molecular weight is 229 g/mol. The molecule has 0 heterocycles. The number of hydrogen-bond donors (Lipinski definition) is 3. The summed E-state index contributed by atoms with van der Waals surface area (Å²) in [6.45, 7) is 3.61. The van der Waals surface area contributed by atoms with Crippen molar-refractivity contribution in [3.05, 3.63) is 42.5 Å². The second kappa shape index (κ2) is 4.17. The van der Waals surface area contributed by atoms with E-state index in [1.807, 2.05) is 0 Å². The highest BCUT2D eigenvalue weighted by Crippen LogP contribution is 2.37. The van der Waals surface area contributed by atoms with Crippen molar-refractivity contribution in [1.29, 1.82) is 0 Å². The van der Waals surface area contributed by atoms with E-state index in [4.69, 9.17) is 0 Å². The quantitative estimate of drug-likeness (QED) is 0.556. The molecular weight excluding hydrogens is 218 g/mol. The van der Waals surface area contributed by atoms with Crippen LogP contribution in [0.15, 0.2) is 36.9 Å². The Balaban J connectivity index is 2.70. The fourth-order valence-electron chi connectivity index (χ4n) is 1.72. The van der Waals surface area contributed by atoms with Crippen molar-refractivity contribution in [2.24, 2.45) is 0 Å². The maximum Gasteiger partial charge on any atom is 0.211 e. The van der Waals surface area contributed by atoms with Crippen molar-refractivity contribution in [2.75, 3.05) is 0 Å². The van der Waals surface area contributed by atoms with Crippen LogP contribution in [0.3, 0.4) is 0 Å². The Labute approximate surface area is 97.8 Å². The molecule has 0 bridgehead atoms. The third-order valence-electron chi connectivity index (χ3n) is 2.55. The number of carbonyl (C=O) groups is 1.